The average molecular weight is 212 g/mol. The van der Waals surface area contributed by atoms with Gasteiger partial charge in [0.15, 0.2) is 0 Å². The summed E-state index contributed by atoms with van der Waals surface area (Å²) in [6.45, 7) is 11.7. The summed E-state index contributed by atoms with van der Waals surface area (Å²) in [7, 11) is 2.09. The monoisotopic (exact) mass is 212 g/mol. The Morgan fingerprint density at radius 3 is 2.27 bits per heavy atom. The summed E-state index contributed by atoms with van der Waals surface area (Å²) < 4.78 is 0. The van der Waals surface area contributed by atoms with Gasteiger partial charge in [-0.1, -0.05) is 27.7 Å². The molecule has 0 aromatic carbocycles. The summed E-state index contributed by atoms with van der Waals surface area (Å²) in [5, 5.41) is 3.45. The first-order chi connectivity index (χ1) is 6.99. The van der Waals surface area contributed by atoms with Crippen molar-refractivity contribution < 1.29 is 0 Å². The first-order valence-corrected chi connectivity index (χ1v) is 6.40. The fraction of sp³-hybridized carbons (Fsp3) is 1.00. The van der Waals surface area contributed by atoms with Crippen LogP contribution in [0.25, 0.3) is 0 Å². The van der Waals surface area contributed by atoms with Gasteiger partial charge >= 0.3 is 0 Å². The van der Waals surface area contributed by atoms with Crippen molar-refractivity contribution in [3.8, 4) is 0 Å². The summed E-state index contributed by atoms with van der Waals surface area (Å²) >= 11 is 0. The van der Waals surface area contributed by atoms with Gasteiger partial charge in [-0.3, -0.25) is 0 Å². The van der Waals surface area contributed by atoms with Crippen molar-refractivity contribution in [2.24, 2.45) is 5.41 Å². The maximum Gasteiger partial charge on any atom is 0.0125 e. The van der Waals surface area contributed by atoms with E-state index in [0.29, 0.717) is 11.5 Å². The predicted molar refractivity (Wildman–Crippen MR) is 67.2 cm³/mol. The fourth-order valence-corrected chi connectivity index (χ4v) is 2.34. The Balaban J connectivity index is 2.32. The fourth-order valence-electron chi connectivity index (χ4n) is 2.34. The molecule has 2 heteroatoms. The standard InChI is InChI=1S/C13H28N2/c1-6-15(11-7-8-11)10-9-12(14-5)13(2,3)4/h11-12,14H,6-10H2,1-5H3. The molecule has 1 N–H and O–H groups in total. The molecule has 0 aromatic rings. The van der Waals surface area contributed by atoms with Crippen LogP contribution in [0.3, 0.4) is 0 Å². The molecule has 1 aliphatic carbocycles. The van der Waals surface area contributed by atoms with Gasteiger partial charge in [0.25, 0.3) is 0 Å². The molecule has 15 heavy (non-hydrogen) atoms. The second-order valence-electron chi connectivity index (χ2n) is 5.86. The van der Waals surface area contributed by atoms with E-state index in [9.17, 15) is 0 Å². The van der Waals surface area contributed by atoms with Crippen LogP contribution in [0.4, 0.5) is 0 Å². The molecule has 0 aromatic heterocycles. The van der Waals surface area contributed by atoms with Gasteiger partial charge in [0.1, 0.15) is 0 Å². The van der Waals surface area contributed by atoms with E-state index in [1.807, 2.05) is 0 Å². The van der Waals surface area contributed by atoms with Crippen LogP contribution in [0.5, 0.6) is 0 Å². The lowest BCUT2D eigenvalue weighted by molar-refractivity contribution is 0.210. The maximum atomic E-state index is 3.45. The Morgan fingerprint density at radius 1 is 1.33 bits per heavy atom. The molecule has 90 valence electrons. The van der Waals surface area contributed by atoms with Gasteiger partial charge in [0, 0.05) is 12.1 Å². The third-order valence-electron chi connectivity index (χ3n) is 3.57. The van der Waals surface area contributed by atoms with Crippen LogP contribution < -0.4 is 5.32 Å². The quantitative estimate of drug-likeness (QED) is 0.728. The van der Waals surface area contributed by atoms with Crippen LogP contribution in [0, 0.1) is 5.41 Å². The Bertz CT molecular complexity index is 179. The van der Waals surface area contributed by atoms with Crippen molar-refractivity contribution in [2.45, 2.75) is 59.0 Å². The highest BCUT2D eigenvalue weighted by atomic mass is 15.2. The molecule has 1 unspecified atom stereocenters. The van der Waals surface area contributed by atoms with Crippen LogP contribution in [-0.2, 0) is 0 Å². The summed E-state index contributed by atoms with van der Waals surface area (Å²) in [5.41, 5.74) is 0.373. The van der Waals surface area contributed by atoms with Gasteiger partial charge in [0.2, 0.25) is 0 Å². The molecule has 0 amide bonds. The lowest BCUT2D eigenvalue weighted by Gasteiger charge is -2.32. The summed E-state index contributed by atoms with van der Waals surface area (Å²) in [5.74, 6) is 0. The Hall–Kier alpha value is -0.0800. The molecule has 1 aliphatic rings. The maximum absolute atomic E-state index is 3.45. The van der Waals surface area contributed by atoms with Crippen molar-refractivity contribution in [3.05, 3.63) is 0 Å². The summed E-state index contributed by atoms with van der Waals surface area (Å²) in [6.07, 6.45) is 4.12. The molecule has 0 heterocycles. The van der Waals surface area contributed by atoms with Crippen molar-refractivity contribution in [1.82, 2.24) is 10.2 Å². The number of nitrogens with zero attached hydrogens (tertiary/aromatic N) is 1. The minimum atomic E-state index is 0.373. The molecule has 0 bridgehead atoms. The summed E-state index contributed by atoms with van der Waals surface area (Å²) in [6, 6.07) is 1.54. The van der Waals surface area contributed by atoms with Gasteiger partial charge in [-0.15, -0.1) is 0 Å². The Morgan fingerprint density at radius 2 is 1.93 bits per heavy atom. The van der Waals surface area contributed by atoms with Gasteiger partial charge < -0.3 is 10.2 Å². The zero-order valence-electron chi connectivity index (χ0n) is 11.1. The second kappa shape index (κ2) is 5.31. The first kappa shape index (κ1) is 13.0. The van der Waals surface area contributed by atoms with Crippen LogP contribution in [0.1, 0.15) is 47.0 Å². The number of nitrogens with one attached hydrogen (secondary N) is 1. The van der Waals surface area contributed by atoms with Crippen LogP contribution >= 0.6 is 0 Å². The molecule has 1 fully saturated rings. The van der Waals surface area contributed by atoms with E-state index < -0.39 is 0 Å². The lowest BCUT2D eigenvalue weighted by Crippen LogP contribution is -2.41. The minimum absolute atomic E-state index is 0.373. The lowest BCUT2D eigenvalue weighted by atomic mass is 9.85. The van der Waals surface area contributed by atoms with E-state index in [1.54, 1.807) is 0 Å². The van der Waals surface area contributed by atoms with Crippen LogP contribution in [0.15, 0.2) is 0 Å². The molecule has 0 aliphatic heterocycles. The third kappa shape index (κ3) is 4.12. The summed E-state index contributed by atoms with van der Waals surface area (Å²) in [4.78, 5) is 2.64. The third-order valence-corrected chi connectivity index (χ3v) is 3.57. The van der Waals surface area contributed by atoms with Gasteiger partial charge in [-0.25, -0.2) is 0 Å². The zero-order chi connectivity index (χ0) is 11.5. The molecule has 1 saturated carbocycles. The molecule has 1 atom stereocenters. The number of hydrogen-bond donors (Lipinski definition) is 1. The zero-order valence-corrected chi connectivity index (χ0v) is 11.1. The van der Waals surface area contributed by atoms with E-state index >= 15 is 0 Å². The molecular weight excluding hydrogens is 184 g/mol. The normalized spacial score (nSPS) is 19.6. The SMILES string of the molecule is CCN(CCC(NC)C(C)(C)C)C1CC1. The van der Waals surface area contributed by atoms with Crippen molar-refractivity contribution in [2.75, 3.05) is 20.1 Å². The van der Waals surface area contributed by atoms with Crippen molar-refractivity contribution >= 4 is 0 Å². The Labute approximate surface area is 95.4 Å². The van der Waals surface area contributed by atoms with E-state index in [1.165, 1.54) is 32.4 Å². The second-order valence-corrected chi connectivity index (χ2v) is 5.86. The van der Waals surface area contributed by atoms with Crippen LogP contribution in [0.2, 0.25) is 0 Å². The molecule has 1 rings (SSSR count). The molecule has 2 nitrogen and oxygen atoms in total. The van der Waals surface area contributed by atoms with Crippen molar-refractivity contribution in [3.63, 3.8) is 0 Å². The van der Waals surface area contributed by atoms with Gasteiger partial charge in [-0.05, 0) is 44.8 Å². The topological polar surface area (TPSA) is 15.3 Å². The van der Waals surface area contributed by atoms with Crippen LogP contribution in [-0.4, -0.2) is 37.1 Å². The van der Waals surface area contributed by atoms with E-state index in [4.69, 9.17) is 0 Å². The van der Waals surface area contributed by atoms with E-state index in [0.717, 1.165) is 6.04 Å². The molecule has 0 saturated heterocycles. The predicted octanol–water partition coefficient (Wildman–Crippen LogP) is 2.49. The van der Waals surface area contributed by atoms with Gasteiger partial charge in [0.05, 0.1) is 0 Å². The first-order valence-electron chi connectivity index (χ1n) is 6.40. The largest absolute Gasteiger partial charge is 0.316 e. The number of rotatable bonds is 6. The average Bonchev–Trinajstić information content (AvgIpc) is 2.94. The van der Waals surface area contributed by atoms with Gasteiger partial charge in [-0.2, -0.15) is 0 Å². The van der Waals surface area contributed by atoms with E-state index in [-0.39, 0.29) is 0 Å². The highest BCUT2D eigenvalue weighted by Gasteiger charge is 2.29. The van der Waals surface area contributed by atoms with Crippen molar-refractivity contribution in [1.29, 1.82) is 0 Å². The highest BCUT2D eigenvalue weighted by Crippen LogP contribution is 2.28. The Kier molecular flexibility index (Phi) is 4.60. The smallest absolute Gasteiger partial charge is 0.0125 e. The molecule has 0 radical (unpaired) electrons. The molecule has 0 spiro atoms. The number of hydrogen-bond acceptors (Lipinski definition) is 2. The minimum Gasteiger partial charge on any atom is -0.316 e. The highest BCUT2D eigenvalue weighted by molar-refractivity contribution is 4.86. The van der Waals surface area contributed by atoms with E-state index in [2.05, 4.69) is 45.0 Å². The molecular formula is C13H28N2.